The number of phenols is 1. The Morgan fingerprint density at radius 3 is 2.67 bits per heavy atom. The van der Waals surface area contributed by atoms with E-state index >= 15 is 0 Å². The molecule has 0 saturated heterocycles. The fourth-order valence-electron chi connectivity index (χ4n) is 2.16. The van der Waals surface area contributed by atoms with Gasteiger partial charge in [0.1, 0.15) is 11.5 Å². The topological polar surface area (TPSA) is 55.8 Å². The Kier molecular flexibility index (Phi) is 8.69. The Morgan fingerprint density at radius 1 is 1.29 bits per heavy atom. The summed E-state index contributed by atoms with van der Waals surface area (Å²) in [5.74, 6) is 0.741. The Bertz CT molecular complexity index is 583. The van der Waals surface area contributed by atoms with Gasteiger partial charge in [-0.3, -0.25) is 0 Å². The number of benzene rings is 1. The van der Waals surface area contributed by atoms with E-state index in [1.807, 2.05) is 0 Å². The molecule has 0 spiro atoms. The third-order valence-corrected chi connectivity index (χ3v) is 3.70. The lowest BCUT2D eigenvalue weighted by molar-refractivity contribution is -0.138. The van der Waals surface area contributed by atoms with Gasteiger partial charge in [-0.25, -0.2) is 4.79 Å². The van der Waals surface area contributed by atoms with Gasteiger partial charge in [0.25, 0.3) is 0 Å². The van der Waals surface area contributed by atoms with Crippen LogP contribution in [-0.4, -0.2) is 24.8 Å². The fourth-order valence-corrected chi connectivity index (χ4v) is 2.16. The van der Waals surface area contributed by atoms with Crippen molar-refractivity contribution in [2.45, 2.75) is 40.0 Å². The van der Waals surface area contributed by atoms with Gasteiger partial charge in [-0.05, 0) is 57.2 Å². The van der Waals surface area contributed by atoms with Crippen molar-refractivity contribution >= 4 is 12.0 Å². The molecule has 0 saturated carbocycles. The first kappa shape index (κ1) is 19.8. The minimum Gasteiger partial charge on any atom is -0.507 e. The van der Waals surface area contributed by atoms with Crippen LogP contribution in [0.3, 0.4) is 0 Å². The predicted octanol–water partition coefficient (Wildman–Crippen LogP) is 4.73. The Labute approximate surface area is 144 Å². The number of aromatic hydroxyl groups is 1. The Morgan fingerprint density at radius 2 is 2.04 bits per heavy atom. The highest BCUT2D eigenvalue weighted by atomic mass is 16.5. The molecule has 0 radical (unpaired) electrons. The van der Waals surface area contributed by atoms with Crippen LogP contribution in [0.5, 0.6) is 11.5 Å². The number of allylic oxidation sites excluding steroid dienone is 2. The van der Waals surface area contributed by atoms with Gasteiger partial charge in [0.15, 0.2) is 0 Å². The molecule has 132 valence electrons. The molecule has 1 aromatic carbocycles. The molecule has 1 atom stereocenters. The summed E-state index contributed by atoms with van der Waals surface area (Å²) >= 11 is 0. The fraction of sp³-hybridized carbons (Fsp3) is 0.450. The van der Waals surface area contributed by atoms with Crippen LogP contribution in [-0.2, 0) is 9.53 Å². The lowest BCUT2D eigenvalue weighted by atomic mass is 10.0. The summed E-state index contributed by atoms with van der Waals surface area (Å²) in [5, 5.41) is 9.82. The van der Waals surface area contributed by atoms with Gasteiger partial charge in [-0.2, -0.15) is 0 Å². The normalized spacial score (nSPS) is 12.0. The molecule has 0 aliphatic carbocycles. The lowest BCUT2D eigenvalue weighted by Gasteiger charge is -2.09. The van der Waals surface area contributed by atoms with Crippen molar-refractivity contribution < 1.29 is 19.4 Å². The third-order valence-electron chi connectivity index (χ3n) is 3.70. The molecule has 0 fully saturated rings. The number of rotatable bonds is 9. The van der Waals surface area contributed by atoms with Gasteiger partial charge in [-0.1, -0.05) is 18.6 Å². The highest BCUT2D eigenvalue weighted by Crippen LogP contribution is 2.24. The first-order chi connectivity index (χ1) is 11.4. The number of esters is 1. The van der Waals surface area contributed by atoms with Crippen LogP contribution in [0.4, 0.5) is 0 Å². The molecule has 4 nitrogen and oxygen atoms in total. The molecule has 1 unspecified atom stereocenters. The maximum atomic E-state index is 11.7. The third kappa shape index (κ3) is 7.86. The quantitative estimate of drug-likeness (QED) is 0.403. The molecular formula is C20H28O4. The van der Waals surface area contributed by atoms with Gasteiger partial charge >= 0.3 is 5.97 Å². The number of hydrogen-bond acceptors (Lipinski definition) is 4. The van der Waals surface area contributed by atoms with Gasteiger partial charge in [0, 0.05) is 17.7 Å². The number of carbonyl (C=O) groups excluding carboxylic acids is 1. The van der Waals surface area contributed by atoms with E-state index in [0.29, 0.717) is 23.8 Å². The van der Waals surface area contributed by atoms with Gasteiger partial charge in [-0.15, -0.1) is 0 Å². The van der Waals surface area contributed by atoms with E-state index in [1.165, 1.54) is 30.9 Å². The second kappa shape index (κ2) is 10.5. The van der Waals surface area contributed by atoms with E-state index in [4.69, 9.17) is 9.47 Å². The minimum atomic E-state index is -0.401. The molecule has 0 amide bonds. The second-order valence-corrected chi connectivity index (χ2v) is 6.18. The molecule has 1 rings (SSSR count). The van der Waals surface area contributed by atoms with Crippen LogP contribution in [0, 0.1) is 5.92 Å². The average Bonchev–Trinajstić information content (AvgIpc) is 2.53. The number of methoxy groups -OCH3 is 1. The summed E-state index contributed by atoms with van der Waals surface area (Å²) in [6, 6.07) is 4.90. The van der Waals surface area contributed by atoms with E-state index in [1.54, 1.807) is 12.1 Å². The van der Waals surface area contributed by atoms with Crippen LogP contribution >= 0.6 is 0 Å². The Balaban J connectivity index is 2.34. The van der Waals surface area contributed by atoms with Crippen molar-refractivity contribution in [3.05, 3.63) is 41.5 Å². The maximum Gasteiger partial charge on any atom is 0.330 e. The summed E-state index contributed by atoms with van der Waals surface area (Å²) < 4.78 is 10.2. The largest absolute Gasteiger partial charge is 0.507 e. The average molecular weight is 332 g/mol. The number of phenolic OH excluding ortho intramolecular Hbond substituents is 1. The molecule has 1 aromatic rings. The zero-order valence-corrected chi connectivity index (χ0v) is 15.0. The molecule has 0 heterocycles. The van der Waals surface area contributed by atoms with Crippen molar-refractivity contribution in [3.8, 4) is 11.5 Å². The molecule has 0 aliphatic rings. The maximum absolute atomic E-state index is 11.7. The van der Waals surface area contributed by atoms with Crippen LogP contribution in [0.15, 0.2) is 35.9 Å². The molecule has 24 heavy (non-hydrogen) atoms. The number of ether oxygens (including phenoxy) is 2. The summed E-state index contributed by atoms with van der Waals surface area (Å²) in [6.07, 6.45) is 8.10. The first-order valence-corrected chi connectivity index (χ1v) is 8.27. The van der Waals surface area contributed by atoms with Crippen molar-refractivity contribution in [2.24, 2.45) is 5.92 Å². The molecule has 4 heteroatoms. The van der Waals surface area contributed by atoms with Crippen molar-refractivity contribution in [2.75, 3.05) is 13.7 Å². The zero-order valence-electron chi connectivity index (χ0n) is 15.0. The van der Waals surface area contributed by atoms with Gasteiger partial charge < -0.3 is 14.6 Å². The monoisotopic (exact) mass is 332 g/mol. The zero-order chi connectivity index (χ0) is 17.9. The van der Waals surface area contributed by atoms with Gasteiger partial charge in [0.2, 0.25) is 0 Å². The van der Waals surface area contributed by atoms with Gasteiger partial charge in [0.05, 0.1) is 13.7 Å². The first-order valence-electron chi connectivity index (χ1n) is 8.27. The molecule has 0 bridgehead atoms. The van der Waals surface area contributed by atoms with Crippen LogP contribution in [0.25, 0.3) is 6.08 Å². The lowest BCUT2D eigenvalue weighted by Crippen LogP contribution is -2.06. The highest BCUT2D eigenvalue weighted by molar-refractivity contribution is 5.87. The summed E-state index contributed by atoms with van der Waals surface area (Å²) in [7, 11) is 1.53. The van der Waals surface area contributed by atoms with Crippen LogP contribution < -0.4 is 4.74 Å². The van der Waals surface area contributed by atoms with E-state index in [9.17, 15) is 9.90 Å². The molecule has 0 aromatic heterocycles. The summed E-state index contributed by atoms with van der Waals surface area (Å²) in [4.78, 5) is 11.7. The Hall–Kier alpha value is -2.23. The van der Waals surface area contributed by atoms with Crippen molar-refractivity contribution in [3.63, 3.8) is 0 Å². The predicted molar refractivity (Wildman–Crippen MR) is 97.1 cm³/mol. The second-order valence-electron chi connectivity index (χ2n) is 6.18. The van der Waals surface area contributed by atoms with E-state index in [-0.39, 0.29) is 5.75 Å². The van der Waals surface area contributed by atoms with Crippen molar-refractivity contribution in [1.82, 2.24) is 0 Å². The van der Waals surface area contributed by atoms with E-state index in [0.717, 1.165) is 19.3 Å². The molecule has 0 aliphatic heterocycles. The number of hydrogen-bond donors (Lipinski definition) is 1. The molecular weight excluding hydrogens is 304 g/mol. The van der Waals surface area contributed by atoms with Crippen LogP contribution in [0.2, 0.25) is 0 Å². The highest BCUT2D eigenvalue weighted by Gasteiger charge is 2.04. The SMILES string of the molecule is COc1ccc(C=CC(=O)OCCC(C)CCC=C(C)C)c(O)c1. The van der Waals surface area contributed by atoms with Crippen molar-refractivity contribution in [1.29, 1.82) is 0 Å². The van der Waals surface area contributed by atoms with E-state index < -0.39 is 5.97 Å². The minimum absolute atomic E-state index is 0.0614. The summed E-state index contributed by atoms with van der Waals surface area (Å²) in [5.41, 5.74) is 1.88. The number of carbonyl (C=O) groups is 1. The molecule has 1 N–H and O–H groups in total. The smallest absolute Gasteiger partial charge is 0.330 e. The standard InChI is InChI=1S/C20H28O4/c1-15(2)6-5-7-16(3)12-13-24-20(22)11-9-17-8-10-18(23-4)14-19(17)21/h6,8-11,14,16,21H,5,7,12-13H2,1-4H3. The van der Waals surface area contributed by atoms with E-state index in [2.05, 4.69) is 26.8 Å². The summed E-state index contributed by atoms with van der Waals surface area (Å²) in [6.45, 7) is 6.77. The van der Waals surface area contributed by atoms with Crippen LogP contribution in [0.1, 0.15) is 45.6 Å².